The molecule has 0 bridgehead atoms. The van der Waals surface area contributed by atoms with Crippen LogP contribution in [0.2, 0.25) is 0 Å². The second-order valence-corrected chi connectivity index (χ2v) is 7.45. The first-order valence-electron chi connectivity index (χ1n) is 7.85. The van der Waals surface area contributed by atoms with E-state index < -0.39 is 0 Å². The number of amides is 2. The third-order valence-electron chi connectivity index (χ3n) is 4.88. The Kier molecular flexibility index (Phi) is 4.49. The molecule has 1 aromatic heterocycles. The number of carbonyl (C=O) groups excluding carboxylic acids is 2. The van der Waals surface area contributed by atoms with E-state index >= 15 is 0 Å². The smallest absolute Gasteiger partial charge is 0.239 e. The van der Waals surface area contributed by atoms with E-state index in [1.165, 1.54) is 0 Å². The molecule has 5 nitrogen and oxygen atoms in total. The standard InChI is InChI=1S/C16H23N3O2S/c1-19(11-14(20)18-10-12-3-2-8-22-12)15(21)13-9-16(13)4-6-17-7-5-16/h2-3,8,13,17H,4-7,9-11H2,1H3,(H,18,20). The van der Waals surface area contributed by atoms with E-state index in [0.29, 0.717) is 6.54 Å². The van der Waals surface area contributed by atoms with Crippen molar-refractivity contribution in [3.8, 4) is 0 Å². The Bertz CT molecular complexity index is 538. The molecule has 1 spiro atoms. The lowest BCUT2D eigenvalue weighted by Crippen LogP contribution is -2.40. The van der Waals surface area contributed by atoms with E-state index in [1.807, 2.05) is 17.5 Å². The normalized spacial score (nSPS) is 22.3. The maximum atomic E-state index is 12.5. The van der Waals surface area contributed by atoms with Gasteiger partial charge in [0.1, 0.15) is 0 Å². The highest BCUT2D eigenvalue weighted by atomic mass is 32.1. The minimum absolute atomic E-state index is 0.0933. The van der Waals surface area contributed by atoms with Gasteiger partial charge in [-0.15, -0.1) is 11.3 Å². The van der Waals surface area contributed by atoms with Crippen LogP contribution in [0.25, 0.3) is 0 Å². The van der Waals surface area contributed by atoms with Crippen molar-refractivity contribution in [1.29, 1.82) is 0 Å². The van der Waals surface area contributed by atoms with E-state index in [1.54, 1.807) is 23.3 Å². The van der Waals surface area contributed by atoms with E-state index in [-0.39, 0.29) is 29.7 Å². The van der Waals surface area contributed by atoms with Crippen molar-refractivity contribution in [2.75, 3.05) is 26.7 Å². The van der Waals surface area contributed by atoms with Crippen LogP contribution in [0.15, 0.2) is 17.5 Å². The summed E-state index contributed by atoms with van der Waals surface area (Å²) in [5.41, 5.74) is 0.226. The van der Waals surface area contributed by atoms with Crippen molar-refractivity contribution < 1.29 is 9.59 Å². The summed E-state index contributed by atoms with van der Waals surface area (Å²) in [5.74, 6) is 0.169. The SMILES string of the molecule is CN(CC(=O)NCc1cccs1)C(=O)C1CC12CCNCC2. The fourth-order valence-electron chi connectivity index (χ4n) is 3.39. The van der Waals surface area contributed by atoms with Gasteiger partial charge in [-0.3, -0.25) is 9.59 Å². The summed E-state index contributed by atoms with van der Waals surface area (Å²) in [7, 11) is 1.74. The summed E-state index contributed by atoms with van der Waals surface area (Å²) in [6.07, 6.45) is 3.16. The highest BCUT2D eigenvalue weighted by Gasteiger charge is 2.58. The quantitative estimate of drug-likeness (QED) is 0.857. The zero-order chi connectivity index (χ0) is 15.6. The van der Waals surface area contributed by atoms with Crippen LogP contribution in [0.3, 0.4) is 0 Å². The molecule has 2 N–H and O–H groups in total. The lowest BCUT2D eigenvalue weighted by molar-refractivity contribution is -0.136. The molecule has 1 aromatic rings. The van der Waals surface area contributed by atoms with Crippen LogP contribution in [0.1, 0.15) is 24.1 Å². The predicted octanol–water partition coefficient (Wildman–Crippen LogP) is 1.21. The van der Waals surface area contributed by atoms with Gasteiger partial charge < -0.3 is 15.5 Å². The van der Waals surface area contributed by atoms with Gasteiger partial charge >= 0.3 is 0 Å². The van der Waals surface area contributed by atoms with Crippen molar-refractivity contribution in [1.82, 2.24) is 15.5 Å². The fourth-order valence-corrected chi connectivity index (χ4v) is 4.03. The summed E-state index contributed by atoms with van der Waals surface area (Å²) in [5, 5.41) is 8.20. The first kappa shape index (κ1) is 15.5. The third kappa shape index (κ3) is 3.33. The second kappa shape index (κ2) is 6.38. The fraction of sp³-hybridized carbons (Fsp3) is 0.625. The minimum Gasteiger partial charge on any atom is -0.350 e. The first-order chi connectivity index (χ1) is 10.6. The highest BCUT2D eigenvalue weighted by molar-refractivity contribution is 7.09. The molecule has 1 aliphatic carbocycles. The monoisotopic (exact) mass is 321 g/mol. The van der Waals surface area contributed by atoms with Crippen LogP contribution in [-0.2, 0) is 16.1 Å². The molecule has 120 valence electrons. The van der Waals surface area contributed by atoms with Crippen molar-refractivity contribution in [3.63, 3.8) is 0 Å². The number of nitrogens with zero attached hydrogens (tertiary/aromatic N) is 1. The van der Waals surface area contributed by atoms with Gasteiger partial charge in [-0.1, -0.05) is 6.07 Å². The molecule has 1 saturated carbocycles. The molecule has 2 amide bonds. The summed E-state index contributed by atoms with van der Waals surface area (Å²) >= 11 is 1.62. The Labute approximate surface area is 135 Å². The summed E-state index contributed by atoms with van der Waals surface area (Å²) < 4.78 is 0. The molecule has 2 fully saturated rings. The summed E-state index contributed by atoms with van der Waals surface area (Å²) in [4.78, 5) is 27.1. The van der Waals surface area contributed by atoms with Crippen LogP contribution in [0.4, 0.5) is 0 Å². The van der Waals surface area contributed by atoms with E-state index in [9.17, 15) is 9.59 Å². The van der Waals surface area contributed by atoms with Gasteiger partial charge in [-0.2, -0.15) is 0 Å². The molecule has 1 aliphatic heterocycles. The average Bonchev–Trinajstić information content (AvgIpc) is 2.97. The Morgan fingerprint density at radius 2 is 2.23 bits per heavy atom. The van der Waals surface area contributed by atoms with Crippen LogP contribution in [0.5, 0.6) is 0 Å². The van der Waals surface area contributed by atoms with Crippen LogP contribution >= 0.6 is 11.3 Å². The number of nitrogens with one attached hydrogen (secondary N) is 2. The molecule has 6 heteroatoms. The molecule has 0 aromatic carbocycles. The first-order valence-corrected chi connectivity index (χ1v) is 8.73. The van der Waals surface area contributed by atoms with Gasteiger partial charge in [0.25, 0.3) is 0 Å². The number of likely N-dealkylation sites (N-methyl/N-ethyl adjacent to an activating group) is 1. The van der Waals surface area contributed by atoms with E-state index in [2.05, 4.69) is 10.6 Å². The van der Waals surface area contributed by atoms with Crippen LogP contribution < -0.4 is 10.6 Å². The summed E-state index contributed by atoms with van der Waals surface area (Å²) in [6, 6.07) is 3.96. The number of hydrogen-bond acceptors (Lipinski definition) is 4. The molecular formula is C16H23N3O2S. The van der Waals surface area contributed by atoms with Gasteiger partial charge in [0, 0.05) is 17.8 Å². The van der Waals surface area contributed by atoms with Crippen LogP contribution in [-0.4, -0.2) is 43.4 Å². The Morgan fingerprint density at radius 3 is 2.91 bits per heavy atom. The molecule has 1 saturated heterocycles. The molecule has 22 heavy (non-hydrogen) atoms. The number of carbonyl (C=O) groups is 2. The minimum atomic E-state index is -0.0933. The average molecular weight is 321 g/mol. The van der Waals surface area contributed by atoms with Crippen molar-refractivity contribution in [3.05, 3.63) is 22.4 Å². The Morgan fingerprint density at radius 1 is 1.45 bits per heavy atom. The maximum Gasteiger partial charge on any atom is 0.239 e. The van der Waals surface area contributed by atoms with Crippen LogP contribution in [0, 0.1) is 11.3 Å². The molecule has 3 rings (SSSR count). The maximum absolute atomic E-state index is 12.5. The van der Waals surface area contributed by atoms with E-state index in [0.717, 1.165) is 37.2 Å². The molecule has 2 aliphatic rings. The van der Waals surface area contributed by atoms with Crippen molar-refractivity contribution >= 4 is 23.2 Å². The lowest BCUT2D eigenvalue weighted by atomic mass is 9.91. The Balaban J connectivity index is 1.44. The second-order valence-electron chi connectivity index (χ2n) is 6.42. The van der Waals surface area contributed by atoms with E-state index in [4.69, 9.17) is 0 Å². The van der Waals surface area contributed by atoms with Crippen molar-refractivity contribution in [2.45, 2.75) is 25.8 Å². The van der Waals surface area contributed by atoms with Gasteiger partial charge in [-0.05, 0) is 49.2 Å². The zero-order valence-corrected chi connectivity index (χ0v) is 13.7. The largest absolute Gasteiger partial charge is 0.350 e. The third-order valence-corrected chi connectivity index (χ3v) is 5.76. The molecule has 1 atom stereocenters. The lowest BCUT2D eigenvalue weighted by Gasteiger charge is -2.25. The van der Waals surface area contributed by atoms with Gasteiger partial charge in [-0.25, -0.2) is 0 Å². The topological polar surface area (TPSA) is 61.4 Å². The number of thiophene rings is 1. The highest BCUT2D eigenvalue weighted by Crippen LogP contribution is 2.59. The van der Waals surface area contributed by atoms with Crippen molar-refractivity contribution in [2.24, 2.45) is 11.3 Å². The number of hydrogen-bond donors (Lipinski definition) is 2. The Hall–Kier alpha value is -1.40. The molecule has 2 heterocycles. The van der Waals surface area contributed by atoms with Gasteiger partial charge in [0.15, 0.2) is 0 Å². The number of rotatable bonds is 5. The predicted molar refractivity (Wildman–Crippen MR) is 86.4 cm³/mol. The zero-order valence-electron chi connectivity index (χ0n) is 12.9. The molecular weight excluding hydrogens is 298 g/mol. The van der Waals surface area contributed by atoms with Gasteiger partial charge in [0.05, 0.1) is 13.1 Å². The summed E-state index contributed by atoms with van der Waals surface area (Å²) in [6.45, 7) is 2.70. The molecule has 1 unspecified atom stereocenters. The molecule has 0 radical (unpaired) electrons. The van der Waals surface area contributed by atoms with Gasteiger partial charge in [0.2, 0.25) is 11.8 Å². The number of piperidine rings is 1.